The quantitative estimate of drug-likeness (QED) is 0.720. The topological polar surface area (TPSA) is 20.2 Å². The molecule has 90 valence electrons. The SMILES string of the molecule is C/C(=C/CC[C@@]1(C)C2C[C@@H]3[C@H](C2)C31C)CO. The lowest BCUT2D eigenvalue weighted by Gasteiger charge is -2.34. The van der Waals surface area contributed by atoms with Gasteiger partial charge in [-0.1, -0.05) is 25.5 Å². The fourth-order valence-electron chi connectivity index (χ4n) is 5.19. The van der Waals surface area contributed by atoms with Crippen molar-refractivity contribution in [2.24, 2.45) is 28.6 Å². The highest BCUT2D eigenvalue weighted by Gasteiger charge is 2.80. The van der Waals surface area contributed by atoms with Gasteiger partial charge >= 0.3 is 0 Å². The second kappa shape index (κ2) is 3.13. The van der Waals surface area contributed by atoms with E-state index >= 15 is 0 Å². The maximum Gasteiger partial charge on any atom is 0.0639 e. The third kappa shape index (κ3) is 1.06. The predicted molar refractivity (Wildman–Crippen MR) is 66.0 cm³/mol. The van der Waals surface area contributed by atoms with Crippen LogP contribution in [0, 0.1) is 28.6 Å². The fourth-order valence-corrected chi connectivity index (χ4v) is 5.19. The maximum atomic E-state index is 8.99. The largest absolute Gasteiger partial charge is 0.392 e. The van der Waals surface area contributed by atoms with Crippen molar-refractivity contribution in [3.05, 3.63) is 11.6 Å². The molecule has 0 aromatic heterocycles. The number of allylic oxidation sites excluding steroid dienone is 1. The van der Waals surface area contributed by atoms with Gasteiger partial charge in [0.25, 0.3) is 0 Å². The van der Waals surface area contributed by atoms with E-state index in [1.807, 2.05) is 6.92 Å². The molecular formula is C15H24O. The van der Waals surface area contributed by atoms with Crippen molar-refractivity contribution in [2.45, 2.75) is 46.5 Å². The molecule has 5 atom stereocenters. The molecule has 1 nitrogen and oxygen atoms in total. The van der Waals surface area contributed by atoms with Crippen LogP contribution in [0.3, 0.4) is 0 Å². The number of aliphatic hydroxyl groups is 1. The zero-order chi connectivity index (χ0) is 11.6. The molecule has 1 N–H and O–H groups in total. The molecule has 4 aliphatic rings. The van der Waals surface area contributed by atoms with Gasteiger partial charge in [0.2, 0.25) is 0 Å². The minimum Gasteiger partial charge on any atom is -0.392 e. The summed E-state index contributed by atoms with van der Waals surface area (Å²) in [6.45, 7) is 7.33. The molecule has 4 aliphatic carbocycles. The predicted octanol–water partition coefficient (Wildman–Crippen LogP) is 3.39. The van der Waals surface area contributed by atoms with Crippen LogP contribution in [0.5, 0.6) is 0 Å². The van der Waals surface area contributed by atoms with Gasteiger partial charge in [0.1, 0.15) is 0 Å². The molecule has 0 aromatic rings. The van der Waals surface area contributed by atoms with Crippen molar-refractivity contribution >= 4 is 0 Å². The Morgan fingerprint density at radius 3 is 2.38 bits per heavy atom. The van der Waals surface area contributed by atoms with Crippen molar-refractivity contribution in [3.63, 3.8) is 0 Å². The zero-order valence-electron chi connectivity index (χ0n) is 10.8. The standard InChI is InChI=1S/C15H24O/c1-10(9-16)5-4-6-14(2)11-7-12-13(8-11)15(12,14)3/h5,11-13,16H,4,6-9H2,1-3H3/b10-5-/t11?,12-,13+,14-,15?/m0/s1. The van der Waals surface area contributed by atoms with Crippen LogP contribution in [0.1, 0.15) is 46.5 Å². The molecule has 4 bridgehead atoms. The molecule has 4 rings (SSSR count). The molecule has 0 aliphatic heterocycles. The molecule has 0 aromatic carbocycles. The number of aliphatic hydroxyl groups excluding tert-OH is 1. The van der Waals surface area contributed by atoms with Gasteiger partial charge in [0, 0.05) is 0 Å². The molecule has 0 radical (unpaired) electrons. The van der Waals surface area contributed by atoms with Crippen LogP contribution in [0.25, 0.3) is 0 Å². The van der Waals surface area contributed by atoms with E-state index < -0.39 is 0 Å². The molecule has 0 amide bonds. The van der Waals surface area contributed by atoms with Gasteiger partial charge in [0.15, 0.2) is 0 Å². The van der Waals surface area contributed by atoms with E-state index in [-0.39, 0.29) is 6.61 Å². The van der Waals surface area contributed by atoms with Crippen LogP contribution in [0.2, 0.25) is 0 Å². The first-order chi connectivity index (χ1) is 7.54. The number of hydrogen-bond acceptors (Lipinski definition) is 1. The summed E-state index contributed by atoms with van der Waals surface area (Å²) in [5.74, 6) is 3.16. The molecule has 0 heterocycles. The molecule has 16 heavy (non-hydrogen) atoms. The fraction of sp³-hybridized carbons (Fsp3) is 0.867. The smallest absolute Gasteiger partial charge is 0.0639 e. The Morgan fingerprint density at radius 2 is 1.94 bits per heavy atom. The zero-order valence-corrected chi connectivity index (χ0v) is 10.8. The van der Waals surface area contributed by atoms with Gasteiger partial charge < -0.3 is 5.11 Å². The molecule has 4 saturated carbocycles. The minimum atomic E-state index is 0.225. The number of hydrogen-bond donors (Lipinski definition) is 1. The van der Waals surface area contributed by atoms with Gasteiger partial charge in [-0.3, -0.25) is 0 Å². The van der Waals surface area contributed by atoms with E-state index in [4.69, 9.17) is 5.11 Å². The Balaban J connectivity index is 1.68. The van der Waals surface area contributed by atoms with Crippen LogP contribution >= 0.6 is 0 Å². The van der Waals surface area contributed by atoms with Crippen molar-refractivity contribution in [1.29, 1.82) is 0 Å². The lowest BCUT2D eigenvalue weighted by molar-refractivity contribution is 0.154. The number of rotatable bonds is 4. The highest BCUT2D eigenvalue weighted by atomic mass is 16.3. The average Bonchev–Trinajstić information content (AvgIpc) is 2.62. The van der Waals surface area contributed by atoms with Crippen LogP contribution in [0.4, 0.5) is 0 Å². The van der Waals surface area contributed by atoms with Crippen molar-refractivity contribution < 1.29 is 5.11 Å². The van der Waals surface area contributed by atoms with E-state index in [0.717, 1.165) is 29.7 Å². The molecule has 2 unspecified atom stereocenters. The van der Waals surface area contributed by atoms with Gasteiger partial charge in [0.05, 0.1) is 6.61 Å². The van der Waals surface area contributed by atoms with Crippen LogP contribution in [-0.2, 0) is 0 Å². The van der Waals surface area contributed by atoms with E-state index in [2.05, 4.69) is 19.9 Å². The lowest BCUT2D eigenvalue weighted by atomic mass is 9.71. The monoisotopic (exact) mass is 220 g/mol. The normalized spacial score (nSPS) is 53.5. The van der Waals surface area contributed by atoms with Crippen LogP contribution in [0.15, 0.2) is 11.6 Å². The summed E-state index contributed by atoms with van der Waals surface area (Å²) in [4.78, 5) is 0. The molecule has 0 spiro atoms. The molecular weight excluding hydrogens is 196 g/mol. The van der Waals surface area contributed by atoms with Crippen molar-refractivity contribution in [3.8, 4) is 0 Å². The molecule has 0 saturated heterocycles. The summed E-state index contributed by atoms with van der Waals surface area (Å²) in [5.41, 5.74) is 2.43. The summed E-state index contributed by atoms with van der Waals surface area (Å²) in [6, 6.07) is 0. The molecule has 4 fully saturated rings. The highest BCUT2D eigenvalue weighted by Crippen LogP contribution is 2.87. The summed E-state index contributed by atoms with van der Waals surface area (Å²) in [5, 5.41) is 8.99. The highest BCUT2D eigenvalue weighted by molar-refractivity contribution is 5.29. The van der Waals surface area contributed by atoms with Crippen molar-refractivity contribution in [2.75, 3.05) is 6.61 Å². The third-order valence-electron chi connectivity index (χ3n) is 6.53. The average molecular weight is 220 g/mol. The maximum absolute atomic E-state index is 8.99. The van der Waals surface area contributed by atoms with Crippen molar-refractivity contribution in [1.82, 2.24) is 0 Å². The Bertz CT molecular complexity index is 331. The summed E-state index contributed by atoms with van der Waals surface area (Å²) < 4.78 is 0. The van der Waals surface area contributed by atoms with E-state index in [1.54, 1.807) is 0 Å². The van der Waals surface area contributed by atoms with Gasteiger partial charge in [-0.25, -0.2) is 0 Å². The minimum absolute atomic E-state index is 0.225. The molecule has 1 heteroatoms. The first-order valence-corrected chi connectivity index (χ1v) is 6.80. The van der Waals surface area contributed by atoms with Gasteiger partial charge in [-0.2, -0.15) is 0 Å². The summed E-state index contributed by atoms with van der Waals surface area (Å²) >= 11 is 0. The van der Waals surface area contributed by atoms with Crippen LogP contribution < -0.4 is 0 Å². The van der Waals surface area contributed by atoms with E-state index in [9.17, 15) is 0 Å². The Hall–Kier alpha value is -0.300. The second-order valence-electron chi connectivity index (χ2n) is 6.83. The van der Waals surface area contributed by atoms with E-state index in [1.165, 1.54) is 19.3 Å². The summed E-state index contributed by atoms with van der Waals surface area (Å²) in [6.07, 6.45) is 7.76. The van der Waals surface area contributed by atoms with E-state index in [0.29, 0.717) is 10.8 Å². The first-order valence-electron chi connectivity index (χ1n) is 6.80. The van der Waals surface area contributed by atoms with Gasteiger partial charge in [-0.15, -0.1) is 0 Å². The Labute approximate surface area is 98.9 Å². The third-order valence-corrected chi connectivity index (χ3v) is 6.53. The lowest BCUT2D eigenvalue weighted by Crippen LogP contribution is -2.26. The van der Waals surface area contributed by atoms with Gasteiger partial charge in [-0.05, 0) is 61.2 Å². The summed E-state index contributed by atoms with van der Waals surface area (Å²) in [7, 11) is 0. The Morgan fingerprint density at radius 1 is 1.31 bits per heavy atom. The second-order valence-corrected chi connectivity index (χ2v) is 6.83. The Kier molecular flexibility index (Phi) is 2.12. The first kappa shape index (κ1) is 10.8. The van der Waals surface area contributed by atoms with Crippen LogP contribution in [-0.4, -0.2) is 11.7 Å².